The van der Waals surface area contributed by atoms with E-state index in [1.165, 1.54) is 0 Å². The second kappa shape index (κ2) is 5.62. The summed E-state index contributed by atoms with van der Waals surface area (Å²) < 4.78 is 5.13. The fourth-order valence-corrected chi connectivity index (χ4v) is 2.69. The van der Waals surface area contributed by atoms with E-state index < -0.39 is 0 Å². The van der Waals surface area contributed by atoms with Gasteiger partial charge < -0.3 is 14.9 Å². The average molecular weight is 318 g/mol. The number of rotatable bonds is 3. The summed E-state index contributed by atoms with van der Waals surface area (Å²) in [5.41, 5.74) is 3.80. The minimum absolute atomic E-state index is 0.235. The number of phenolic OH excluding ortho intramolecular Hbond substituents is 1. The number of aromatic amines is 1. The Kier molecular flexibility index (Phi) is 3.31. The molecule has 0 saturated carbocycles. The van der Waals surface area contributed by atoms with Gasteiger partial charge in [-0.15, -0.1) is 0 Å². The van der Waals surface area contributed by atoms with E-state index in [1.807, 2.05) is 48.5 Å². The molecule has 3 aromatic carbocycles. The second-order valence-corrected chi connectivity index (χ2v) is 5.46. The van der Waals surface area contributed by atoms with Crippen LogP contribution in [0.25, 0.3) is 22.1 Å². The van der Waals surface area contributed by atoms with E-state index in [0.717, 1.165) is 16.8 Å². The lowest BCUT2D eigenvalue weighted by Crippen LogP contribution is -2.01. The van der Waals surface area contributed by atoms with Gasteiger partial charge in [0.2, 0.25) is 0 Å². The molecule has 4 rings (SSSR count). The van der Waals surface area contributed by atoms with Crippen LogP contribution in [-0.4, -0.2) is 10.3 Å². The predicted octanol–water partition coefficient (Wildman–Crippen LogP) is 4.24. The van der Waals surface area contributed by atoms with E-state index in [2.05, 4.69) is 10.5 Å². The van der Waals surface area contributed by atoms with Crippen molar-refractivity contribution < 1.29 is 9.63 Å². The lowest BCUT2D eigenvalue weighted by atomic mass is 10.0. The molecule has 0 aliphatic carbocycles. The van der Waals surface area contributed by atoms with Gasteiger partial charge >= 0.3 is 0 Å². The molecule has 3 N–H and O–H groups in total. The molecule has 1 aromatic heterocycles. The molecule has 0 aliphatic heterocycles. The number of hydrogen-bond acceptors (Lipinski definition) is 4. The summed E-state index contributed by atoms with van der Waals surface area (Å²) in [7, 11) is 0. The van der Waals surface area contributed by atoms with Crippen molar-refractivity contribution in [3.05, 3.63) is 77.1 Å². The van der Waals surface area contributed by atoms with Gasteiger partial charge in [-0.05, 0) is 47.5 Å². The maximum atomic E-state index is 11.9. The van der Waals surface area contributed by atoms with Crippen molar-refractivity contribution >= 4 is 22.3 Å². The quantitative estimate of drug-likeness (QED) is 0.528. The summed E-state index contributed by atoms with van der Waals surface area (Å²) in [6.07, 6.45) is 0. The van der Waals surface area contributed by atoms with Crippen LogP contribution in [0.4, 0.5) is 11.4 Å². The third kappa shape index (κ3) is 2.52. The van der Waals surface area contributed by atoms with Gasteiger partial charge in [-0.25, -0.2) is 0 Å². The first-order chi connectivity index (χ1) is 11.7. The van der Waals surface area contributed by atoms with Crippen molar-refractivity contribution in [3.8, 4) is 16.9 Å². The zero-order valence-corrected chi connectivity index (χ0v) is 12.6. The third-order valence-electron chi connectivity index (χ3n) is 3.85. The molecule has 0 radical (unpaired) electrons. The van der Waals surface area contributed by atoms with Crippen molar-refractivity contribution in [2.45, 2.75) is 0 Å². The topological polar surface area (TPSA) is 78.3 Å². The number of anilines is 2. The molecule has 0 unspecified atom stereocenters. The summed E-state index contributed by atoms with van der Waals surface area (Å²) in [5, 5.41) is 15.5. The van der Waals surface area contributed by atoms with Crippen molar-refractivity contribution in [2.75, 3.05) is 5.32 Å². The van der Waals surface area contributed by atoms with Gasteiger partial charge in [0.15, 0.2) is 5.58 Å². The van der Waals surface area contributed by atoms with Gasteiger partial charge in [-0.2, -0.15) is 5.16 Å². The maximum Gasteiger partial charge on any atom is 0.289 e. The molecule has 0 saturated heterocycles. The molecule has 118 valence electrons. The number of fused-ring (bicyclic) bond motifs is 1. The molecule has 0 fully saturated rings. The van der Waals surface area contributed by atoms with Crippen LogP contribution >= 0.6 is 0 Å². The van der Waals surface area contributed by atoms with Gasteiger partial charge in [-0.3, -0.25) is 4.79 Å². The third-order valence-corrected chi connectivity index (χ3v) is 3.85. The molecule has 1 heterocycles. The normalized spacial score (nSPS) is 10.8. The van der Waals surface area contributed by atoms with Gasteiger partial charge in [-0.1, -0.05) is 30.3 Å². The maximum absolute atomic E-state index is 11.9. The number of benzene rings is 3. The van der Waals surface area contributed by atoms with Crippen LogP contribution in [0.5, 0.6) is 5.75 Å². The van der Waals surface area contributed by atoms with Crippen molar-refractivity contribution in [1.29, 1.82) is 0 Å². The highest BCUT2D eigenvalue weighted by Crippen LogP contribution is 2.28. The van der Waals surface area contributed by atoms with Crippen LogP contribution in [0.15, 0.2) is 76.0 Å². The SMILES string of the molecule is O=c1[nH]oc2cccc(Nc3cccc(-c4ccc(O)cc4)c3)c12. The standard InChI is InChI=1S/C19H14N2O3/c22-15-9-7-12(8-10-15)13-3-1-4-14(11-13)20-16-5-2-6-17-18(16)19(23)21-24-17/h1-11,20,22H,(H,21,23). The predicted molar refractivity (Wildman–Crippen MR) is 93.7 cm³/mol. The van der Waals surface area contributed by atoms with E-state index in [1.54, 1.807) is 18.2 Å². The Labute approximate surface area is 137 Å². The van der Waals surface area contributed by atoms with E-state index in [0.29, 0.717) is 16.7 Å². The summed E-state index contributed by atoms with van der Waals surface area (Å²) in [4.78, 5) is 11.9. The van der Waals surface area contributed by atoms with Crippen molar-refractivity contribution in [2.24, 2.45) is 0 Å². The lowest BCUT2D eigenvalue weighted by molar-refractivity contribution is 0.449. The summed E-state index contributed by atoms with van der Waals surface area (Å²) >= 11 is 0. The first-order valence-corrected chi connectivity index (χ1v) is 7.47. The smallest absolute Gasteiger partial charge is 0.289 e. The number of nitrogens with one attached hydrogen (secondary N) is 2. The highest BCUT2D eigenvalue weighted by Gasteiger charge is 2.09. The largest absolute Gasteiger partial charge is 0.508 e. The molecule has 0 spiro atoms. The summed E-state index contributed by atoms with van der Waals surface area (Å²) in [6, 6.07) is 20.3. The fourth-order valence-electron chi connectivity index (χ4n) is 2.69. The number of H-pyrrole nitrogens is 1. The van der Waals surface area contributed by atoms with Gasteiger partial charge in [0.25, 0.3) is 5.56 Å². The number of hydrogen-bond donors (Lipinski definition) is 3. The van der Waals surface area contributed by atoms with E-state index in [-0.39, 0.29) is 11.3 Å². The number of aromatic hydroxyl groups is 1. The Morgan fingerprint density at radius 2 is 1.71 bits per heavy atom. The molecule has 24 heavy (non-hydrogen) atoms. The Bertz CT molecular complexity index is 1060. The Hall–Kier alpha value is -3.47. The molecule has 5 nitrogen and oxygen atoms in total. The average Bonchev–Trinajstić information content (AvgIpc) is 2.98. The van der Waals surface area contributed by atoms with Crippen molar-refractivity contribution in [1.82, 2.24) is 5.16 Å². The minimum Gasteiger partial charge on any atom is -0.508 e. The van der Waals surface area contributed by atoms with E-state index in [9.17, 15) is 9.90 Å². The minimum atomic E-state index is -0.261. The van der Waals surface area contributed by atoms with Gasteiger partial charge in [0.1, 0.15) is 11.1 Å². The zero-order valence-electron chi connectivity index (χ0n) is 12.6. The summed E-state index contributed by atoms with van der Waals surface area (Å²) in [5.74, 6) is 0.235. The fraction of sp³-hybridized carbons (Fsp3) is 0. The molecular weight excluding hydrogens is 304 g/mol. The van der Waals surface area contributed by atoms with Gasteiger partial charge in [0, 0.05) is 5.69 Å². The Morgan fingerprint density at radius 1 is 0.917 bits per heavy atom. The highest BCUT2D eigenvalue weighted by molar-refractivity contribution is 5.91. The summed E-state index contributed by atoms with van der Waals surface area (Å²) in [6.45, 7) is 0. The van der Waals surface area contributed by atoms with Crippen LogP contribution in [0.2, 0.25) is 0 Å². The first-order valence-electron chi connectivity index (χ1n) is 7.47. The van der Waals surface area contributed by atoms with Crippen LogP contribution in [0.1, 0.15) is 0 Å². The van der Waals surface area contributed by atoms with Crippen LogP contribution in [0.3, 0.4) is 0 Å². The monoisotopic (exact) mass is 318 g/mol. The van der Waals surface area contributed by atoms with E-state index in [4.69, 9.17) is 4.52 Å². The molecule has 0 atom stereocenters. The van der Waals surface area contributed by atoms with Crippen LogP contribution < -0.4 is 10.9 Å². The van der Waals surface area contributed by atoms with Crippen molar-refractivity contribution in [3.63, 3.8) is 0 Å². The highest BCUT2D eigenvalue weighted by atomic mass is 16.5. The molecule has 4 aromatic rings. The number of phenols is 1. The zero-order chi connectivity index (χ0) is 16.5. The number of aromatic nitrogens is 1. The first kappa shape index (κ1) is 14.1. The van der Waals surface area contributed by atoms with E-state index >= 15 is 0 Å². The second-order valence-electron chi connectivity index (χ2n) is 5.46. The Morgan fingerprint density at radius 3 is 2.54 bits per heavy atom. The lowest BCUT2D eigenvalue weighted by Gasteiger charge is -2.09. The molecule has 0 amide bonds. The Balaban J connectivity index is 1.72. The van der Waals surface area contributed by atoms with Crippen LogP contribution in [-0.2, 0) is 0 Å². The molecule has 0 aliphatic rings. The molecule has 0 bridgehead atoms. The molecule has 5 heteroatoms. The van der Waals surface area contributed by atoms with Crippen LogP contribution in [0, 0.1) is 0 Å². The van der Waals surface area contributed by atoms with Gasteiger partial charge in [0.05, 0.1) is 5.69 Å². The molecular formula is C19H14N2O3.